The molecule has 2 fully saturated rings. The number of carbonyl (C=O) groups is 2. The highest BCUT2D eigenvalue weighted by molar-refractivity contribution is 6.64. The van der Waals surface area contributed by atoms with Crippen molar-refractivity contribution in [3.63, 3.8) is 0 Å². The molecule has 41 heavy (non-hydrogen) atoms. The Morgan fingerprint density at radius 3 is 2.24 bits per heavy atom. The third kappa shape index (κ3) is 8.09. The van der Waals surface area contributed by atoms with Crippen LogP contribution in [0.5, 0.6) is 5.75 Å². The zero-order chi connectivity index (χ0) is 28.7. The van der Waals surface area contributed by atoms with Crippen molar-refractivity contribution in [2.45, 2.75) is 32.4 Å². The number of benzene rings is 2. The van der Waals surface area contributed by atoms with Gasteiger partial charge in [-0.05, 0) is 73.6 Å². The summed E-state index contributed by atoms with van der Waals surface area (Å²) in [4.78, 5) is 28.1. The van der Waals surface area contributed by atoms with E-state index in [9.17, 15) is 9.59 Å². The maximum Gasteiger partial charge on any atom is 0.636 e. The second kappa shape index (κ2) is 13.2. The van der Waals surface area contributed by atoms with Crippen LogP contribution >= 0.6 is 0 Å². The lowest BCUT2D eigenvalue weighted by molar-refractivity contribution is -0.145. The van der Waals surface area contributed by atoms with Crippen molar-refractivity contribution in [2.75, 3.05) is 33.2 Å². The molecule has 1 spiro atoms. The minimum absolute atomic E-state index is 0.0363. The van der Waals surface area contributed by atoms with Gasteiger partial charge in [0.25, 0.3) is 0 Å². The molecule has 2 aromatic carbocycles. The van der Waals surface area contributed by atoms with Gasteiger partial charge in [-0.1, -0.05) is 79.4 Å². The van der Waals surface area contributed by atoms with Gasteiger partial charge in [-0.15, -0.1) is 0 Å². The fourth-order valence-electron chi connectivity index (χ4n) is 5.35. The molecule has 212 valence electrons. The summed E-state index contributed by atoms with van der Waals surface area (Å²) in [6, 6.07) is 15.7. The average molecular weight is 552 g/mol. The lowest BCUT2D eigenvalue weighted by Crippen LogP contribution is -2.47. The van der Waals surface area contributed by atoms with E-state index in [0.29, 0.717) is 17.8 Å². The number of allylic oxidation sites excluding steroid dienone is 7. The summed E-state index contributed by atoms with van der Waals surface area (Å²) in [7, 11) is 0.611. The SMILES string of the molecule is C=C1/C=C\C=C/CC2(/C=C\1)CCN(Cc1ccc(COc3ccc(B4OC(=O)CN(C)CC(=O)O4)cc3)cc1)CC2. The first-order valence-electron chi connectivity index (χ1n) is 14.2. The number of ether oxygens (including phenoxy) is 1. The van der Waals surface area contributed by atoms with Gasteiger partial charge in [-0.25, -0.2) is 0 Å². The van der Waals surface area contributed by atoms with E-state index in [0.717, 1.165) is 50.0 Å². The van der Waals surface area contributed by atoms with E-state index in [4.69, 9.17) is 14.0 Å². The Hall–Kier alpha value is -3.88. The first kappa shape index (κ1) is 28.6. The van der Waals surface area contributed by atoms with Crippen molar-refractivity contribution in [3.8, 4) is 5.75 Å². The van der Waals surface area contributed by atoms with Crippen LogP contribution in [-0.2, 0) is 32.0 Å². The number of rotatable bonds is 6. The molecule has 0 aromatic heterocycles. The van der Waals surface area contributed by atoms with Crippen LogP contribution in [0.15, 0.2) is 97.1 Å². The Labute approximate surface area is 242 Å². The molecule has 0 N–H and O–H groups in total. The third-order valence-electron chi connectivity index (χ3n) is 7.85. The molecule has 8 heteroatoms. The number of nitrogens with zero attached hydrogens (tertiary/aromatic N) is 2. The minimum atomic E-state index is -1.05. The van der Waals surface area contributed by atoms with Gasteiger partial charge in [0.2, 0.25) is 0 Å². The van der Waals surface area contributed by atoms with Crippen LogP contribution in [0.2, 0.25) is 0 Å². The minimum Gasteiger partial charge on any atom is -0.494 e. The summed E-state index contributed by atoms with van der Waals surface area (Å²) in [6.45, 7) is 7.73. The molecule has 0 atom stereocenters. The van der Waals surface area contributed by atoms with Crippen molar-refractivity contribution < 1.29 is 23.6 Å². The number of hydrogen-bond acceptors (Lipinski definition) is 7. The van der Waals surface area contributed by atoms with E-state index in [-0.39, 0.29) is 18.5 Å². The van der Waals surface area contributed by atoms with Crippen LogP contribution in [-0.4, -0.2) is 62.1 Å². The number of likely N-dealkylation sites (N-methyl/N-ethyl adjacent to an activating group) is 1. The van der Waals surface area contributed by atoms with Gasteiger partial charge < -0.3 is 14.0 Å². The van der Waals surface area contributed by atoms with E-state index in [2.05, 4.69) is 72.2 Å². The summed E-state index contributed by atoms with van der Waals surface area (Å²) in [5, 5.41) is 0. The zero-order valence-electron chi connectivity index (χ0n) is 23.7. The molecular formula is C33H37BN2O5. The normalized spacial score (nSPS) is 22.4. The molecule has 2 heterocycles. The second-order valence-electron chi connectivity index (χ2n) is 11.2. The van der Waals surface area contributed by atoms with E-state index < -0.39 is 19.1 Å². The first-order valence-corrected chi connectivity index (χ1v) is 14.2. The maximum absolute atomic E-state index is 12.0. The van der Waals surface area contributed by atoms with Crippen molar-refractivity contribution in [1.29, 1.82) is 0 Å². The van der Waals surface area contributed by atoms with Gasteiger partial charge >= 0.3 is 19.1 Å². The van der Waals surface area contributed by atoms with Gasteiger partial charge in [0.1, 0.15) is 12.4 Å². The van der Waals surface area contributed by atoms with Crippen LogP contribution in [0, 0.1) is 5.41 Å². The molecule has 0 radical (unpaired) electrons. The van der Waals surface area contributed by atoms with Crippen molar-refractivity contribution in [1.82, 2.24) is 9.80 Å². The third-order valence-corrected chi connectivity index (χ3v) is 7.85. The van der Waals surface area contributed by atoms with Gasteiger partial charge in [0.05, 0.1) is 13.1 Å². The Kier molecular flexibility index (Phi) is 9.22. The highest BCUT2D eigenvalue weighted by Gasteiger charge is 2.34. The summed E-state index contributed by atoms with van der Waals surface area (Å²) in [5.74, 6) is -0.207. The van der Waals surface area contributed by atoms with Crippen LogP contribution in [0.4, 0.5) is 0 Å². The molecule has 2 aromatic rings. The molecule has 0 unspecified atom stereocenters. The summed E-state index contributed by atoms with van der Waals surface area (Å²) < 4.78 is 16.6. The molecule has 0 saturated carbocycles. The van der Waals surface area contributed by atoms with Crippen LogP contribution < -0.4 is 10.2 Å². The molecular weight excluding hydrogens is 515 g/mol. The first-order chi connectivity index (χ1) is 19.9. The highest BCUT2D eigenvalue weighted by Crippen LogP contribution is 2.38. The molecule has 2 saturated heterocycles. The molecule has 1 aliphatic carbocycles. The fourth-order valence-corrected chi connectivity index (χ4v) is 5.35. The van der Waals surface area contributed by atoms with E-state index in [1.807, 2.05) is 0 Å². The largest absolute Gasteiger partial charge is 0.636 e. The highest BCUT2D eigenvalue weighted by atomic mass is 16.6. The van der Waals surface area contributed by atoms with E-state index >= 15 is 0 Å². The standard InChI is InChI=1S/C33H37BN2O5/c1-26-6-4-3-5-16-33(17-15-26)18-20-36(21-19-33)22-27-7-9-28(10-8-27)25-39-30-13-11-29(12-14-30)34-40-31(37)23-35(2)24-32(38)41-34/h3-15,17H,1,16,18-25H2,2H3/b5-3-,6-4-,17-15-. The lowest BCUT2D eigenvalue weighted by atomic mass is 9.75. The maximum atomic E-state index is 12.0. The van der Waals surface area contributed by atoms with Gasteiger partial charge in [0, 0.05) is 12.0 Å². The average Bonchev–Trinajstić information content (AvgIpc) is 3.04. The Morgan fingerprint density at radius 2 is 1.56 bits per heavy atom. The summed E-state index contributed by atoms with van der Waals surface area (Å²) >= 11 is 0. The molecule has 2 aliphatic heterocycles. The number of likely N-dealkylation sites (tertiary alicyclic amines) is 1. The number of piperidine rings is 1. The van der Waals surface area contributed by atoms with Gasteiger partial charge in [-0.2, -0.15) is 0 Å². The summed E-state index contributed by atoms with van der Waals surface area (Å²) in [6.07, 6.45) is 16.5. The molecule has 7 nitrogen and oxygen atoms in total. The predicted molar refractivity (Wildman–Crippen MR) is 160 cm³/mol. The number of hydrogen-bond donors (Lipinski definition) is 0. The monoisotopic (exact) mass is 552 g/mol. The molecule has 5 rings (SSSR count). The van der Waals surface area contributed by atoms with Crippen LogP contribution in [0.3, 0.4) is 0 Å². The van der Waals surface area contributed by atoms with Crippen molar-refractivity contribution in [3.05, 3.63) is 108 Å². The number of carbonyl (C=O) groups excluding carboxylic acids is 2. The van der Waals surface area contributed by atoms with Gasteiger partial charge in [0.15, 0.2) is 0 Å². The van der Waals surface area contributed by atoms with Crippen LogP contribution in [0.25, 0.3) is 0 Å². The van der Waals surface area contributed by atoms with Crippen LogP contribution in [0.1, 0.15) is 30.4 Å². The molecule has 3 aliphatic rings. The Morgan fingerprint density at radius 1 is 0.902 bits per heavy atom. The quantitative estimate of drug-likeness (QED) is 0.498. The van der Waals surface area contributed by atoms with E-state index in [1.54, 1.807) is 36.2 Å². The smallest absolute Gasteiger partial charge is 0.494 e. The molecule has 0 bridgehead atoms. The van der Waals surface area contributed by atoms with Crippen molar-refractivity contribution in [2.24, 2.45) is 5.41 Å². The molecule has 0 amide bonds. The van der Waals surface area contributed by atoms with Gasteiger partial charge in [-0.3, -0.25) is 19.4 Å². The zero-order valence-corrected chi connectivity index (χ0v) is 23.7. The van der Waals surface area contributed by atoms with E-state index in [1.165, 1.54) is 5.56 Å². The Balaban J connectivity index is 1.09. The second-order valence-corrected chi connectivity index (χ2v) is 11.2. The lowest BCUT2D eigenvalue weighted by Gasteiger charge is -2.40. The predicted octanol–water partition coefficient (Wildman–Crippen LogP) is 4.20. The summed E-state index contributed by atoms with van der Waals surface area (Å²) in [5.41, 5.74) is 4.24. The topological polar surface area (TPSA) is 68.3 Å². The van der Waals surface area contributed by atoms with Crippen molar-refractivity contribution >= 4 is 24.5 Å². The Bertz CT molecular complexity index is 1300. The fraction of sp³-hybridized carbons (Fsp3) is 0.333.